The van der Waals surface area contributed by atoms with Gasteiger partial charge in [-0.1, -0.05) is 170 Å². The molecule has 0 amide bonds. The molecule has 0 aromatic heterocycles. The van der Waals surface area contributed by atoms with Crippen LogP contribution in [-0.2, 0) is 0 Å². The van der Waals surface area contributed by atoms with Crippen molar-refractivity contribution in [2.45, 2.75) is 25.8 Å². The van der Waals surface area contributed by atoms with E-state index in [-0.39, 0.29) is 6.04 Å². The van der Waals surface area contributed by atoms with Crippen molar-refractivity contribution >= 4 is 56.8 Å². The van der Waals surface area contributed by atoms with Crippen molar-refractivity contribution in [3.63, 3.8) is 0 Å². The van der Waals surface area contributed by atoms with Crippen LogP contribution in [0.2, 0.25) is 0 Å². The maximum atomic E-state index is 4.64. The zero-order valence-corrected chi connectivity index (χ0v) is 38.5. The number of benzene rings is 7. The van der Waals surface area contributed by atoms with Crippen LogP contribution in [0.5, 0.6) is 0 Å². The fraction of sp³-hybridized carbons (Fsp3) is 0.0625. The molecule has 1 unspecified atom stereocenters. The maximum Gasteiger partial charge on any atom is 0.0709 e. The third kappa shape index (κ3) is 10.6. The summed E-state index contributed by atoms with van der Waals surface area (Å²) in [6, 6.07) is 68.8. The highest BCUT2D eigenvalue weighted by molar-refractivity contribution is 5.83. The Morgan fingerprint density at radius 3 is 1.44 bits per heavy atom. The molecule has 0 fully saturated rings. The summed E-state index contributed by atoms with van der Waals surface area (Å²) >= 11 is 0. The molecule has 0 aliphatic heterocycles. The van der Waals surface area contributed by atoms with Gasteiger partial charge in [0.1, 0.15) is 0 Å². The zero-order chi connectivity index (χ0) is 46.3. The van der Waals surface area contributed by atoms with Crippen molar-refractivity contribution in [3.8, 4) is 0 Å². The van der Waals surface area contributed by atoms with Crippen LogP contribution in [0.3, 0.4) is 0 Å². The van der Waals surface area contributed by atoms with Crippen LogP contribution in [-0.4, -0.2) is 6.04 Å². The minimum atomic E-state index is -0.0576. The van der Waals surface area contributed by atoms with Gasteiger partial charge < -0.3 is 19.6 Å². The van der Waals surface area contributed by atoms with Crippen LogP contribution in [0, 0.1) is 0 Å². The number of rotatable bonds is 16. The molecular formula is C64H56N4. The minimum Gasteiger partial charge on any atom is -0.335 e. The second-order valence-electron chi connectivity index (χ2n) is 16.6. The monoisotopic (exact) mass is 880 g/mol. The Labute approximate surface area is 403 Å². The molecule has 2 aliphatic rings. The molecule has 68 heavy (non-hydrogen) atoms. The highest BCUT2D eigenvalue weighted by atomic mass is 15.2. The normalized spacial score (nSPS) is 14.3. The second-order valence-corrected chi connectivity index (χ2v) is 16.6. The van der Waals surface area contributed by atoms with Gasteiger partial charge in [0, 0.05) is 75.4 Å². The van der Waals surface area contributed by atoms with E-state index in [9.17, 15) is 0 Å². The van der Waals surface area contributed by atoms with Crippen LogP contribution in [0.25, 0.3) is 5.57 Å². The molecule has 2 aliphatic carbocycles. The van der Waals surface area contributed by atoms with E-state index in [1.165, 1.54) is 5.70 Å². The Balaban J connectivity index is 0.981. The largest absolute Gasteiger partial charge is 0.335 e. The van der Waals surface area contributed by atoms with E-state index in [0.717, 1.165) is 74.4 Å². The van der Waals surface area contributed by atoms with Crippen molar-refractivity contribution in [2.24, 2.45) is 0 Å². The van der Waals surface area contributed by atoms with E-state index in [1.54, 1.807) is 0 Å². The Hall–Kier alpha value is -8.60. The van der Waals surface area contributed by atoms with Gasteiger partial charge in [-0.2, -0.15) is 0 Å². The molecule has 0 N–H and O–H groups in total. The molecule has 0 bridgehead atoms. The SMILES string of the molecule is C=C(CC=C/C=C\C)N(c1ccc(N(C2=CC=CC=CC2)c2ccccc2)cc1)C1C=CC=C(c2ccc(N(c3ccccc3)c3ccc(N(c4ccccc4)c4ccccc4)cc3)cc2)C=C1. The van der Waals surface area contributed by atoms with Crippen molar-refractivity contribution in [3.05, 3.63) is 303 Å². The first-order valence-corrected chi connectivity index (χ1v) is 23.4. The number of nitrogens with zero attached hydrogens (tertiary/aromatic N) is 4. The summed E-state index contributed by atoms with van der Waals surface area (Å²) in [5, 5.41) is 0. The molecule has 1 atom stereocenters. The van der Waals surface area contributed by atoms with Gasteiger partial charge in [0.15, 0.2) is 0 Å². The first-order valence-electron chi connectivity index (χ1n) is 23.4. The molecule has 4 heteroatoms. The van der Waals surface area contributed by atoms with E-state index in [2.05, 4.69) is 299 Å². The summed E-state index contributed by atoms with van der Waals surface area (Å²) in [5.74, 6) is 0. The van der Waals surface area contributed by atoms with Crippen LogP contribution >= 0.6 is 0 Å². The number of hydrogen-bond acceptors (Lipinski definition) is 4. The van der Waals surface area contributed by atoms with Crippen molar-refractivity contribution < 1.29 is 0 Å². The van der Waals surface area contributed by atoms with Crippen LogP contribution in [0.1, 0.15) is 25.3 Å². The average molecular weight is 881 g/mol. The minimum absolute atomic E-state index is 0.0576. The standard InChI is InChI=1S/C64H56N4/c1-3-4-5-12-24-51(2)65(60-43-45-62(46-44-60)66(55-28-15-8-16-29-55)54-26-13-6-7-14-27-54)59-36-23-25-52(37-40-59)53-38-41-61(42-39-53)68(58-34-21-11-22-35-58)64-49-47-63(48-50-64)67(56-30-17-9-18-31-56)57-32-19-10-20-33-57/h3-23,25-26,28-50,59H,2,24,27H2,1H3/b4-3-,12-5?. The predicted molar refractivity (Wildman–Crippen MR) is 292 cm³/mol. The summed E-state index contributed by atoms with van der Waals surface area (Å²) < 4.78 is 0. The van der Waals surface area contributed by atoms with E-state index in [0.29, 0.717) is 6.42 Å². The zero-order valence-electron chi connectivity index (χ0n) is 38.5. The smallest absolute Gasteiger partial charge is 0.0709 e. The average Bonchev–Trinajstić information content (AvgIpc) is 3.82. The van der Waals surface area contributed by atoms with Gasteiger partial charge >= 0.3 is 0 Å². The van der Waals surface area contributed by atoms with E-state index in [4.69, 9.17) is 0 Å². The lowest BCUT2D eigenvalue weighted by Gasteiger charge is -2.33. The lowest BCUT2D eigenvalue weighted by atomic mass is 10.0. The summed E-state index contributed by atoms with van der Waals surface area (Å²) in [5.41, 5.74) is 14.4. The molecule has 7 aromatic carbocycles. The second kappa shape index (κ2) is 22.1. The molecular weight excluding hydrogens is 825 g/mol. The molecule has 0 heterocycles. The third-order valence-corrected chi connectivity index (χ3v) is 12.0. The first kappa shape index (κ1) is 44.6. The van der Waals surface area contributed by atoms with Crippen LogP contribution < -0.4 is 19.6 Å². The molecule has 4 nitrogen and oxygen atoms in total. The highest BCUT2D eigenvalue weighted by Crippen LogP contribution is 2.40. The molecule has 0 radical (unpaired) electrons. The number of para-hydroxylation sites is 4. The number of anilines is 9. The Bertz CT molecular complexity index is 2950. The Kier molecular flexibility index (Phi) is 14.5. The third-order valence-electron chi connectivity index (χ3n) is 12.0. The van der Waals surface area contributed by atoms with Gasteiger partial charge in [0.25, 0.3) is 0 Å². The predicted octanol–water partition coefficient (Wildman–Crippen LogP) is 17.6. The summed E-state index contributed by atoms with van der Waals surface area (Å²) in [6.45, 7) is 6.68. The summed E-state index contributed by atoms with van der Waals surface area (Å²) in [7, 11) is 0. The molecule has 0 saturated heterocycles. The van der Waals surface area contributed by atoms with Gasteiger partial charge in [-0.05, 0) is 133 Å². The summed E-state index contributed by atoms with van der Waals surface area (Å²) in [6.07, 6.45) is 31.8. The molecule has 9 rings (SSSR count). The topological polar surface area (TPSA) is 13.0 Å². The summed E-state index contributed by atoms with van der Waals surface area (Å²) in [4.78, 5) is 9.30. The van der Waals surface area contributed by atoms with Gasteiger partial charge in [0.05, 0.1) is 6.04 Å². The number of hydrogen-bond donors (Lipinski definition) is 0. The molecule has 332 valence electrons. The Morgan fingerprint density at radius 1 is 0.471 bits per heavy atom. The van der Waals surface area contributed by atoms with Crippen molar-refractivity contribution in [2.75, 3.05) is 19.6 Å². The molecule has 0 saturated carbocycles. The quantitative estimate of drug-likeness (QED) is 0.0897. The van der Waals surface area contributed by atoms with E-state index >= 15 is 0 Å². The highest BCUT2D eigenvalue weighted by Gasteiger charge is 2.21. The molecule has 0 spiro atoms. The number of allylic oxidation sites excluding steroid dienone is 13. The lowest BCUT2D eigenvalue weighted by Crippen LogP contribution is -2.31. The maximum absolute atomic E-state index is 4.64. The van der Waals surface area contributed by atoms with Crippen LogP contribution in [0.4, 0.5) is 51.2 Å². The fourth-order valence-electron chi connectivity index (χ4n) is 8.75. The van der Waals surface area contributed by atoms with Gasteiger partial charge in [0.2, 0.25) is 0 Å². The van der Waals surface area contributed by atoms with Gasteiger partial charge in [-0.3, -0.25) is 0 Å². The molecule has 7 aromatic rings. The van der Waals surface area contributed by atoms with Crippen LogP contribution in [0.15, 0.2) is 297 Å². The van der Waals surface area contributed by atoms with Crippen molar-refractivity contribution in [1.82, 2.24) is 0 Å². The van der Waals surface area contributed by atoms with Gasteiger partial charge in [-0.15, -0.1) is 0 Å². The van der Waals surface area contributed by atoms with E-state index in [1.807, 2.05) is 13.0 Å². The lowest BCUT2D eigenvalue weighted by molar-refractivity contribution is 0.866. The van der Waals surface area contributed by atoms with Gasteiger partial charge in [-0.25, -0.2) is 0 Å². The first-order chi connectivity index (χ1) is 33.6. The Morgan fingerprint density at radius 2 is 0.926 bits per heavy atom. The van der Waals surface area contributed by atoms with E-state index < -0.39 is 0 Å². The fourth-order valence-corrected chi connectivity index (χ4v) is 8.75. The van der Waals surface area contributed by atoms with Crippen molar-refractivity contribution in [1.29, 1.82) is 0 Å².